The van der Waals surface area contributed by atoms with Crippen LogP contribution in [0.15, 0.2) is 67.1 Å². The predicted octanol–water partition coefficient (Wildman–Crippen LogP) is 4.70. The maximum absolute atomic E-state index is 12.3. The summed E-state index contributed by atoms with van der Waals surface area (Å²) in [6.45, 7) is 4.06. The van der Waals surface area contributed by atoms with E-state index < -0.39 is 0 Å². The summed E-state index contributed by atoms with van der Waals surface area (Å²) in [7, 11) is 0. The minimum atomic E-state index is -0.274. The lowest BCUT2D eigenvalue weighted by Gasteiger charge is -2.11. The molecule has 4 rings (SSSR count). The molecule has 146 valence electrons. The van der Waals surface area contributed by atoms with Crippen LogP contribution >= 0.6 is 0 Å². The molecule has 3 N–H and O–H groups in total. The number of amides is 1. The van der Waals surface area contributed by atoms with Crippen molar-refractivity contribution < 1.29 is 9.90 Å². The molecule has 0 saturated heterocycles. The van der Waals surface area contributed by atoms with Crippen molar-refractivity contribution in [3.63, 3.8) is 0 Å². The molecule has 0 bridgehead atoms. The van der Waals surface area contributed by atoms with E-state index in [0.29, 0.717) is 17.2 Å². The van der Waals surface area contributed by atoms with Gasteiger partial charge in [-0.2, -0.15) is 0 Å². The molecule has 7 nitrogen and oxygen atoms in total. The number of hydrogen-bond acceptors (Lipinski definition) is 5. The number of carbonyl (C=O) groups is 1. The van der Waals surface area contributed by atoms with E-state index in [0.717, 1.165) is 16.5 Å². The zero-order chi connectivity index (χ0) is 20.4. The highest BCUT2D eigenvalue weighted by Crippen LogP contribution is 2.33. The topological polar surface area (TPSA) is 92.1 Å². The number of benzene rings is 2. The number of nitrogens with one attached hydrogen (secondary N) is 2. The summed E-state index contributed by atoms with van der Waals surface area (Å²) in [5.41, 5.74) is 2.81. The molecular weight excluding hydrogens is 366 g/mol. The summed E-state index contributed by atoms with van der Waals surface area (Å²) in [4.78, 5) is 21.1. The molecule has 2 aromatic carbocycles. The first-order valence-corrected chi connectivity index (χ1v) is 9.30. The molecule has 4 aromatic rings. The van der Waals surface area contributed by atoms with Crippen LogP contribution < -0.4 is 10.6 Å². The van der Waals surface area contributed by atoms with E-state index in [2.05, 4.69) is 20.6 Å². The lowest BCUT2D eigenvalue weighted by atomic mass is 10.0. The number of aromatic nitrogens is 3. The number of phenolic OH excluding ortho intramolecular Hbond substituents is 1. The average Bonchev–Trinajstić information content (AvgIpc) is 3.24. The summed E-state index contributed by atoms with van der Waals surface area (Å²) in [6.07, 6.45) is 5.09. The summed E-state index contributed by atoms with van der Waals surface area (Å²) >= 11 is 0. The van der Waals surface area contributed by atoms with Crippen molar-refractivity contribution in [3.8, 4) is 16.9 Å². The SMILES string of the molecule is CC(C)Nc1ncc2cc(-c3cc(NC(=O)n4cccc4)ccc3O)ccc2n1. The number of rotatable bonds is 4. The van der Waals surface area contributed by atoms with Crippen LogP contribution in [0.1, 0.15) is 13.8 Å². The van der Waals surface area contributed by atoms with E-state index >= 15 is 0 Å². The van der Waals surface area contributed by atoms with Gasteiger partial charge in [-0.15, -0.1) is 0 Å². The molecule has 0 radical (unpaired) electrons. The van der Waals surface area contributed by atoms with Crippen molar-refractivity contribution in [3.05, 3.63) is 67.1 Å². The van der Waals surface area contributed by atoms with Gasteiger partial charge >= 0.3 is 6.03 Å². The molecule has 0 aliphatic carbocycles. The van der Waals surface area contributed by atoms with Crippen molar-refractivity contribution in [1.29, 1.82) is 0 Å². The molecule has 0 saturated carbocycles. The molecule has 1 amide bonds. The van der Waals surface area contributed by atoms with Gasteiger partial charge in [-0.25, -0.2) is 14.8 Å². The highest BCUT2D eigenvalue weighted by molar-refractivity contribution is 5.93. The Morgan fingerprint density at radius 1 is 1.10 bits per heavy atom. The number of hydrogen-bond donors (Lipinski definition) is 3. The van der Waals surface area contributed by atoms with Gasteiger partial charge in [-0.05, 0) is 61.9 Å². The van der Waals surface area contributed by atoms with Crippen LogP contribution in [0.3, 0.4) is 0 Å². The zero-order valence-corrected chi connectivity index (χ0v) is 16.1. The number of fused-ring (bicyclic) bond motifs is 1. The quantitative estimate of drug-likeness (QED) is 0.441. The molecule has 0 fully saturated rings. The Morgan fingerprint density at radius 2 is 1.90 bits per heavy atom. The van der Waals surface area contributed by atoms with Gasteiger partial charge in [-0.3, -0.25) is 4.57 Å². The Morgan fingerprint density at radius 3 is 2.66 bits per heavy atom. The second-order valence-electron chi connectivity index (χ2n) is 7.02. The highest BCUT2D eigenvalue weighted by Gasteiger charge is 2.10. The van der Waals surface area contributed by atoms with Gasteiger partial charge in [-0.1, -0.05) is 6.07 Å². The molecular formula is C22H21N5O2. The molecule has 2 aromatic heterocycles. The Bertz CT molecular complexity index is 1170. The fraction of sp³-hybridized carbons (Fsp3) is 0.136. The van der Waals surface area contributed by atoms with Crippen LogP contribution in [-0.4, -0.2) is 31.7 Å². The molecule has 2 heterocycles. The molecule has 7 heteroatoms. The first-order chi connectivity index (χ1) is 14.0. The second-order valence-corrected chi connectivity index (χ2v) is 7.02. The van der Waals surface area contributed by atoms with E-state index in [9.17, 15) is 9.90 Å². The fourth-order valence-corrected chi connectivity index (χ4v) is 3.03. The molecule has 0 spiro atoms. The van der Waals surface area contributed by atoms with Crippen LogP contribution in [0.2, 0.25) is 0 Å². The average molecular weight is 387 g/mol. The maximum Gasteiger partial charge on any atom is 0.329 e. The number of carbonyl (C=O) groups excluding carboxylic acids is 1. The molecule has 0 aliphatic heterocycles. The number of aromatic hydroxyl groups is 1. The lowest BCUT2D eigenvalue weighted by Crippen LogP contribution is -2.17. The minimum Gasteiger partial charge on any atom is -0.507 e. The third-order valence-electron chi connectivity index (χ3n) is 4.40. The monoisotopic (exact) mass is 387 g/mol. The molecule has 0 atom stereocenters. The van der Waals surface area contributed by atoms with E-state index in [-0.39, 0.29) is 17.8 Å². The van der Waals surface area contributed by atoms with E-state index in [1.807, 2.05) is 32.0 Å². The molecule has 0 unspecified atom stereocenters. The highest BCUT2D eigenvalue weighted by atomic mass is 16.3. The van der Waals surface area contributed by atoms with Gasteiger partial charge in [0, 0.05) is 41.3 Å². The fourth-order valence-electron chi connectivity index (χ4n) is 3.03. The largest absolute Gasteiger partial charge is 0.507 e. The zero-order valence-electron chi connectivity index (χ0n) is 16.1. The van der Waals surface area contributed by atoms with Crippen molar-refractivity contribution in [2.45, 2.75) is 19.9 Å². The number of nitrogens with zero attached hydrogens (tertiary/aromatic N) is 3. The van der Waals surface area contributed by atoms with Crippen molar-refractivity contribution in [2.24, 2.45) is 0 Å². The Balaban J connectivity index is 1.64. The first-order valence-electron chi connectivity index (χ1n) is 9.30. The maximum atomic E-state index is 12.3. The van der Waals surface area contributed by atoms with Gasteiger partial charge in [0.15, 0.2) is 0 Å². The summed E-state index contributed by atoms with van der Waals surface area (Å²) in [5.74, 6) is 0.708. The standard InChI is InChI=1S/C22H21N5O2/c1-14(2)24-21-23-13-16-11-15(5-7-19(16)26-21)18-12-17(6-8-20(18)28)25-22(29)27-9-3-4-10-27/h3-14,28H,1-2H3,(H,25,29)(H,23,24,26). The third-order valence-corrected chi connectivity index (χ3v) is 4.40. The Hall–Kier alpha value is -3.87. The van der Waals surface area contributed by atoms with Gasteiger partial charge < -0.3 is 15.7 Å². The predicted molar refractivity (Wildman–Crippen MR) is 114 cm³/mol. The Labute approximate surface area is 168 Å². The van der Waals surface area contributed by atoms with Gasteiger partial charge in [0.25, 0.3) is 0 Å². The number of anilines is 2. The van der Waals surface area contributed by atoms with Gasteiger partial charge in [0.2, 0.25) is 5.95 Å². The van der Waals surface area contributed by atoms with Crippen LogP contribution in [0.5, 0.6) is 5.75 Å². The normalized spacial score (nSPS) is 11.0. The van der Waals surface area contributed by atoms with E-state index in [4.69, 9.17) is 0 Å². The van der Waals surface area contributed by atoms with Crippen LogP contribution in [0.4, 0.5) is 16.4 Å². The van der Waals surface area contributed by atoms with Crippen molar-refractivity contribution >= 4 is 28.6 Å². The minimum absolute atomic E-state index is 0.127. The van der Waals surface area contributed by atoms with Gasteiger partial charge in [0.1, 0.15) is 5.75 Å². The Kier molecular flexibility index (Phi) is 4.87. The van der Waals surface area contributed by atoms with Crippen LogP contribution in [-0.2, 0) is 0 Å². The second kappa shape index (κ2) is 7.63. The first kappa shape index (κ1) is 18.5. The van der Waals surface area contributed by atoms with Crippen LogP contribution in [0, 0.1) is 0 Å². The summed E-state index contributed by atoms with van der Waals surface area (Å²) in [6, 6.07) is 14.2. The third kappa shape index (κ3) is 4.03. The van der Waals surface area contributed by atoms with Crippen LogP contribution in [0.25, 0.3) is 22.0 Å². The van der Waals surface area contributed by atoms with Gasteiger partial charge in [0.05, 0.1) is 5.52 Å². The van der Waals surface area contributed by atoms with Crippen molar-refractivity contribution in [2.75, 3.05) is 10.6 Å². The number of phenols is 1. The van der Waals surface area contributed by atoms with E-state index in [1.54, 1.807) is 48.9 Å². The molecule has 0 aliphatic rings. The summed E-state index contributed by atoms with van der Waals surface area (Å²) in [5, 5.41) is 17.2. The smallest absolute Gasteiger partial charge is 0.329 e. The lowest BCUT2D eigenvalue weighted by molar-refractivity contribution is 0.253. The van der Waals surface area contributed by atoms with E-state index in [1.165, 1.54) is 4.57 Å². The molecule has 29 heavy (non-hydrogen) atoms. The summed E-state index contributed by atoms with van der Waals surface area (Å²) < 4.78 is 1.45. The van der Waals surface area contributed by atoms with Crippen molar-refractivity contribution in [1.82, 2.24) is 14.5 Å².